The van der Waals surface area contributed by atoms with Gasteiger partial charge >= 0.3 is 5.97 Å². The maximum absolute atomic E-state index is 10.7. The number of hydrogen-bond donors (Lipinski definition) is 1. The minimum Gasteiger partial charge on any atom is -0.481 e. The Bertz CT molecular complexity index is 901. The van der Waals surface area contributed by atoms with Crippen LogP contribution in [-0.4, -0.2) is 31.2 Å². The lowest BCUT2D eigenvalue weighted by Crippen LogP contribution is -1.96. The number of aryl methyl sites for hydroxylation is 1. The number of benzene rings is 1. The zero-order valence-corrected chi connectivity index (χ0v) is 15.1. The van der Waals surface area contributed by atoms with E-state index >= 15 is 0 Å². The van der Waals surface area contributed by atoms with Crippen LogP contribution < -0.4 is 0 Å². The van der Waals surface area contributed by atoms with Crippen LogP contribution in [0.25, 0.3) is 16.6 Å². The summed E-state index contributed by atoms with van der Waals surface area (Å²) in [6.07, 6.45) is 4.63. The van der Waals surface area contributed by atoms with Gasteiger partial charge in [0.1, 0.15) is 0 Å². The Morgan fingerprint density at radius 2 is 2.21 bits per heavy atom. The molecule has 24 heavy (non-hydrogen) atoms. The molecule has 0 bridgehead atoms. The molecule has 0 saturated carbocycles. The van der Waals surface area contributed by atoms with Crippen molar-refractivity contribution in [1.29, 1.82) is 0 Å². The summed E-state index contributed by atoms with van der Waals surface area (Å²) in [6, 6.07) is 5.87. The Morgan fingerprint density at radius 1 is 1.42 bits per heavy atom. The molecule has 1 N–H and O–H groups in total. The molecule has 7 heteroatoms. The molecule has 126 valence electrons. The third-order valence-corrected chi connectivity index (χ3v) is 5.37. The standard InChI is InChI=1S/C17H18ClN3O2S/c1-11-17(24-7-3-4-16(22)23)14-6-5-12(18)8-15(14)21(11)13-9-19-20(2)10-13/h5-6,8-10H,3-4,7H2,1-2H3,(H,22,23). The fraction of sp³-hybridized carbons (Fsp3) is 0.294. The van der Waals surface area contributed by atoms with Crippen LogP contribution in [0.4, 0.5) is 0 Å². The molecular weight excluding hydrogens is 346 g/mol. The first-order valence-electron chi connectivity index (χ1n) is 7.61. The minimum atomic E-state index is -0.753. The van der Waals surface area contributed by atoms with E-state index < -0.39 is 5.97 Å². The van der Waals surface area contributed by atoms with E-state index in [1.165, 1.54) is 0 Å². The van der Waals surface area contributed by atoms with Crippen LogP contribution >= 0.6 is 23.4 Å². The summed E-state index contributed by atoms with van der Waals surface area (Å²) in [4.78, 5) is 11.8. The van der Waals surface area contributed by atoms with Gasteiger partial charge < -0.3 is 9.67 Å². The van der Waals surface area contributed by atoms with Crippen LogP contribution in [0, 0.1) is 6.92 Å². The highest BCUT2D eigenvalue weighted by Gasteiger charge is 2.17. The van der Waals surface area contributed by atoms with E-state index in [1.807, 2.05) is 37.6 Å². The molecule has 5 nitrogen and oxygen atoms in total. The third kappa shape index (κ3) is 3.30. The molecule has 3 rings (SSSR count). The van der Waals surface area contributed by atoms with Crippen molar-refractivity contribution < 1.29 is 9.90 Å². The van der Waals surface area contributed by atoms with Gasteiger partial charge in [-0.3, -0.25) is 9.48 Å². The van der Waals surface area contributed by atoms with Crippen molar-refractivity contribution in [2.45, 2.75) is 24.7 Å². The zero-order chi connectivity index (χ0) is 17.3. The van der Waals surface area contributed by atoms with Gasteiger partial charge in [-0.15, -0.1) is 11.8 Å². The number of hydrogen-bond acceptors (Lipinski definition) is 3. The maximum Gasteiger partial charge on any atom is 0.303 e. The van der Waals surface area contributed by atoms with Crippen molar-refractivity contribution in [3.63, 3.8) is 0 Å². The predicted octanol–water partition coefficient (Wildman–Crippen LogP) is 4.28. The van der Waals surface area contributed by atoms with E-state index in [4.69, 9.17) is 16.7 Å². The Kier molecular flexibility index (Phi) is 4.87. The van der Waals surface area contributed by atoms with Crippen molar-refractivity contribution in [1.82, 2.24) is 14.3 Å². The molecule has 0 spiro atoms. The minimum absolute atomic E-state index is 0.194. The molecule has 0 aliphatic carbocycles. The third-order valence-electron chi connectivity index (χ3n) is 3.84. The number of carboxylic acids is 1. The van der Waals surface area contributed by atoms with E-state index in [1.54, 1.807) is 16.4 Å². The summed E-state index contributed by atoms with van der Waals surface area (Å²) >= 11 is 7.89. The highest BCUT2D eigenvalue weighted by atomic mass is 35.5. The van der Waals surface area contributed by atoms with Gasteiger partial charge in [0, 0.05) is 40.7 Å². The van der Waals surface area contributed by atoms with Gasteiger partial charge in [-0.05, 0) is 31.2 Å². The number of rotatable bonds is 6. The van der Waals surface area contributed by atoms with E-state index in [0.717, 1.165) is 32.9 Å². The van der Waals surface area contributed by atoms with E-state index in [0.29, 0.717) is 11.4 Å². The molecule has 3 aromatic rings. The molecule has 0 aliphatic heterocycles. The summed E-state index contributed by atoms with van der Waals surface area (Å²) in [5.74, 6) is 0.0129. The lowest BCUT2D eigenvalue weighted by Gasteiger charge is -2.05. The Morgan fingerprint density at radius 3 is 2.88 bits per heavy atom. The molecule has 0 amide bonds. The highest BCUT2D eigenvalue weighted by molar-refractivity contribution is 7.99. The largest absolute Gasteiger partial charge is 0.481 e. The van der Waals surface area contributed by atoms with Gasteiger partial charge in [-0.1, -0.05) is 17.7 Å². The van der Waals surface area contributed by atoms with Gasteiger partial charge in [-0.25, -0.2) is 0 Å². The number of fused-ring (bicyclic) bond motifs is 1. The van der Waals surface area contributed by atoms with Crippen LogP contribution in [0.15, 0.2) is 35.5 Å². The molecule has 0 fully saturated rings. The second-order valence-electron chi connectivity index (χ2n) is 5.63. The monoisotopic (exact) mass is 363 g/mol. The first-order valence-corrected chi connectivity index (χ1v) is 8.98. The van der Waals surface area contributed by atoms with Crippen molar-refractivity contribution in [3.8, 4) is 5.69 Å². The maximum atomic E-state index is 10.7. The zero-order valence-electron chi connectivity index (χ0n) is 13.5. The van der Waals surface area contributed by atoms with Gasteiger partial charge in [0.15, 0.2) is 0 Å². The van der Waals surface area contributed by atoms with Crippen molar-refractivity contribution in [2.24, 2.45) is 7.05 Å². The number of carboxylic acid groups (broad SMARTS) is 1. The van der Waals surface area contributed by atoms with Crippen LogP contribution in [0.5, 0.6) is 0 Å². The number of aromatic nitrogens is 3. The second kappa shape index (κ2) is 6.91. The molecule has 1 aromatic carbocycles. The SMILES string of the molecule is Cc1c(SCCCC(=O)O)c2ccc(Cl)cc2n1-c1cnn(C)c1. The van der Waals surface area contributed by atoms with E-state index in [9.17, 15) is 4.79 Å². The fourth-order valence-electron chi connectivity index (χ4n) is 2.80. The lowest BCUT2D eigenvalue weighted by molar-refractivity contribution is -0.137. The van der Waals surface area contributed by atoms with Gasteiger partial charge in [0.25, 0.3) is 0 Å². The first-order chi connectivity index (χ1) is 11.5. The summed E-state index contributed by atoms with van der Waals surface area (Å²) < 4.78 is 3.92. The molecule has 0 saturated heterocycles. The molecule has 0 radical (unpaired) electrons. The van der Waals surface area contributed by atoms with Gasteiger partial charge in [-0.2, -0.15) is 5.10 Å². The number of carbonyl (C=O) groups is 1. The van der Waals surface area contributed by atoms with Crippen LogP contribution in [0.1, 0.15) is 18.5 Å². The molecule has 0 atom stereocenters. The fourth-order valence-corrected chi connectivity index (χ4v) is 4.08. The first kappa shape index (κ1) is 16.9. The van der Waals surface area contributed by atoms with Crippen LogP contribution in [-0.2, 0) is 11.8 Å². The van der Waals surface area contributed by atoms with Gasteiger partial charge in [0.05, 0.1) is 17.4 Å². The Balaban J connectivity index is 2.03. The molecule has 2 aromatic heterocycles. The predicted molar refractivity (Wildman–Crippen MR) is 97.4 cm³/mol. The normalized spacial score (nSPS) is 11.3. The second-order valence-corrected chi connectivity index (χ2v) is 7.17. The number of aliphatic carboxylic acids is 1. The molecule has 2 heterocycles. The summed E-state index contributed by atoms with van der Waals surface area (Å²) in [6.45, 7) is 2.07. The molecule has 0 unspecified atom stereocenters. The Labute approximate surface area is 149 Å². The quantitative estimate of drug-likeness (QED) is 0.524. The van der Waals surface area contributed by atoms with E-state index in [-0.39, 0.29) is 6.42 Å². The van der Waals surface area contributed by atoms with E-state index in [2.05, 4.69) is 16.6 Å². The highest BCUT2D eigenvalue weighted by Crippen LogP contribution is 2.37. The smallest absolute Gasteiger partial charge is 0.303 e. The van der Waals surface area contributed by atoms with Crippen molar-refractivity contribution in [2.75, 3.05) is 5.75 Å². The topological polar surface area (TPSA) is 60.0 Å². The molecular formula is C17H18ClN3O2S. The van der Waals surface area contributed by atoms with Crippen molar-refractivity contribution >= 4 is 40.2 Å². The van der Waals surface area contributed by atoms with Crippen LogP contribution in [0.2, 0.25) is 5.02 Å². The van der Waals surface area contributed by atoms with Crippen molar-refractivity contribution in [3.05, 3.63) is 41.3 Å². The lowest BCUT2D eigenvalue weighted by atomic mass is 10.2. The summed E-state index contributed by atoms with van der Waals surface area (Å²) in [7, 11) is 1.89. The number of halogens is 1. The Hall–Kier alpha value is -1.92. The average molecular weight is 364 g/mol. The van der Waals surface area contributed by atoms with Crippen LogP contribution in [0.3, 0.4) is 0 Å². The van der Waals surface area contributed by atoms with Gasteiger partial charge in [0.2, 0.25) is 0 Å². The number of nitrogens with zero attached hydrogens (tertiary/aromatic N) is 3. The molecule has 0 aliphatic rings. The number of thioether (sulfide) groups is 1. The summed E-state index contributed by atoms with van der Waals surface area (Å²) in [5.41, 5.74) is 3.13. The summed E-state index contributed by atoms with van der Waals surface area (Å²) in [5, 5.41) is 14.9. The average Bonchev–Trinajstić information content (AvgIpc) is 3.04.